The molecule has 1 saturated heterocycles. The summed E-state index contributed by atoms with van der Waals surface area (Å²) >= 11 is 1.14. The molecule has 1 fully saturated rings. The number of thioether (sulfide) groups is 1. The van der Waals surface area contributed by atoms with E-state index in [-0.39, 0.29) is 12.5 Å². The Kier molecular flexibility index (Phi) is 6.28. The van der Waals surface area contributed by atoms with Gasteiger partial charge in [-0.15, -0.1) is 5.10 Å². The summed E-state index contributed by atoms with van der Waals surface area (Å²) < 4.78 is 24.6. The standard InChI is InChI=1S/C23H18FN3O3S/c1-29-18-10-8-16(9-11-18)14-25-26-23-27(15-19-6-4-12-30-19)22(28)21(31-23)13-17-5-2-3-7-20(17)24/h2-14H,15H2,1H3/b21-13-,25-14-,26-23+. The molecular formula is C23H18FN3O3S. The Balaban J connectivity index is 1.61. The molecule has 8 heteroatoms. The molecule has 1 aromatic heterocycles. The molecule has 1 amide bonds. The third-order valence-electron chi connectivity index (χ3n) is 4.44. The monoisotopic (exact) mass is 435 g/mol. The van der Waals surface area contributed by atoms with Crippen LogP contribution in [-0.2, 0) is 11.3 Å². The van der Waals surface area contributed by atoms with Crippen LogP contribution in [0.5, 0.6) is 5.75 Å². The number of amidine groups is 1. The number of halogens is 1. The van der Waals surface area contributed by atoms with Crippen molar-refractivity contribution >= 4 is 35.1 Å². The van der Waals surface area contributed by atoms with Gasteiger partial charge in [-0.25, -0.2) is 4.39 Å². The first-order valence-electron chi connectivity index (χ1n) is 9.37. The van der Waals surface area contributed by atoms with Crippen LogP contribution in [0.2, 0.25) is 0 Å². The van der Waals surface area contributed by atoms with Gasteiger partial charge in [0.15, 0.2) is 5.17 Å². The second-order valence-corrected chi connectivity index (χ2v) is 7.51. The average molecular weight is 435 g/mol. The highest BCUT2D eigenvalue weighted by atomic mass is 32.2. The summed E-state index contributed by atoms with van der Waals surface area (Å²) in [6, 6.07) is 17.1. The van der Waals surface area contributed by atoms with Crippen molar-refractivity contribution in [3.8, 4) is 5.75 Å². The summed E-state index contributed by atoms with van der Waals surface area (Å²) in [7, 11) is 1.60. The number of ether oxygens (including phenoxy) is 1. The molecule has 0 spiro atoms. The Hall–Kier alpha value is -3.65. The topological polar surface area (TPSA) is 67.4 Å². The molecule has 2 heterocycles. The fourth-order valence-corrected chi connectivity index (χ4v) is 3.77. The van der Waals surface area contributed by atoms with Crippen LogP contribution in [0.15, 0.2) is 86.5 Å². The minimum absolute atomic E-state index is 0.199. The van der Waals surface area contributed by atoms with Crippen LogP contribution in [0.4, 0.5) is 4.39 Å². The van der Waals surface area contributed by atoms with Gasteiger partial charge < -0.3 is 9.15 Å². The molecule has 0 radical (unpaired) electrons. The molecule has 156 valence electrons. The lowest BCUT2D eigenvalue weighted by molar-refractivity contribution is -0.122. The largest absolute Gasteiger partial charge is 0.497 e. The molecule has 0 unspecified atom stereocenters. The lowest BCUT2D eigenvalue weighted by Crippen LogP contribution is -2.28. The maximum absolute atomic E-state index is 14.1. The minimum Gasteiger partial charge on any atom is -0.497 e. The lowest BCUT2D eigenvalue weighted by atomic mass is 10.2. The number of carbonyl (C=O) groups is 1. The molecule has 31 heavy (non-hydrogen) atoms. The van der Waals surface area contributed by atoms with Crippen molar-refractivity contribution in [2.24, 2.45) is 10.2 Å². The SMILES string of the molecule is COc1ccc(/C=N\N=C2\S/C(=C\c3ccccc3F)C(=O)N2Cc2ccco2)cc1. The van der Waals surface area contributed by atoms with Crippen LogP contribution in [0.25, 0.3) is 6.08 Å². The summed E-state index contributed by atoms with van der Waals surface area (Å²) in [5.74, 6) is 0.660. The van der Waals surface area contributed by atoms with Crippen LogP contribution < -0.4 is 4.74 Å². The molecule has 6 nitrogen and oxygen atoms in total. The van der Waals surface area contributed by atoms with E-state index in [9.17, 15) is 9.18 Å². The maximum atomic E-state index is 14.1. The first-order valence-corrected chi connectivity index (χ1v) is 10.2. The lowest BCUT2D eigenvalue weighted by Gasteiger charge is -2.12. The number of nitrogens with zero attached hydrogens (tertiary/aromatic N) is 3. The van der Waals surface area contributed by atoms with Gasteiger partial charge in [-0.2, -0.15) is 5.10 Å². The van der Waals surface area contributed by atoms with Crippen molar-refractivity contribution in [3.63, 3.8) is 0 Å². The summed E-state index contributed by atoms with van der Waals surface area (Å²) in [6.45, 7) is 0.199. The van der Waals surface area contributed by atoms with Gasteiger partial charge in [0, 0.05) is 5.56 Å². The number of benzene rings is 2. The number of methoxy groups -OCH3 is 1. The zero-order valence-electron chi connectivity index (χ0n) is 16.6. The van der Waals surface area contributed by atoms with Gasteiger partial charge in [0.05, 0.1) is 31.0 Å². The Labute approximate surface area is 182 Å². The van der Waals surface area contributed by atoms with E-state index >= 15 is 0 Å². The molecule has 1 aliphatic heterocycles. The first-order chi connectivity index (χ1) is 15.1. The summed E-state index contributed by atoms with van der Waals surface area (Å²) in [4.78, 5) is 14.8. The van der Waals surface area contributed by atoms with Crippen LogP contribution in [0, 0.1) is 5.82 Å². The van der Waals surface area contributed by atoms with E-state index in [1.54, 1.807) is 43.7 Å². The fourth-order valence-electron chi connectivity index (χ4n) is 2.85. The second kappa shape index (κ2) is 9.44. The highest BCUT2D eigenvalue weighted by Crippen LogP contribution is 2.34. The highest BCUT2D eigenvalue weighted by molar-refractivity contribution is 8.18. The molecule has 0 N–H and O–H groups in total. The smallest absolute Gasteiger partial charge is 0.267 e. The molecule has 0 bridgehead atoms. The molecule has 4 rings (SSSR count). The van der Waals surface area contributed by atoms with E-state index in [0.29, 0.717) is 21.4 Å². The van der Waals surface area contributed by atoms with Crippen LogP contribution in [0.3, 0.4) is 0 Å². The third-order valence-corrected chi connectivity index (χ3v) is 5.44. The van der Waals surface area contributed by atoms with E-state index in [4.69, 9.17) is 9.15 Å². The maximum Gasteiger partial charge on any atom is 0.267 e. The van der Waals surface area contributed by atoms with Gasteiger partial charge in [-0.3, -0.25) is 9.69 Å². The van der Waals surface area contributed by atoms with Gasteiger partial charge in [-0.1, -0.05) is 18.2 Å². The van der Waals surface area contributed by atoms with Crippen LogP contribution in [-0.4, -0.2) is 29.3 Å². The fraction of sp³-hybridized carbons (Fsp3) is 0.0870. The Morgan fingerprint density at radius 3 is 2.65 bits per heavy atom. The molecule has 3 aromatic rings. The van der Waals surface area contributed by atoms with E-state index in [1.165, 1.54) is 23.3 Å². The number of hydrogen-bond donors (Lipinski definition) is 0. The van der Waals surface area contributed by atoms with E-state index < -0.39 is 5.82 Å². The van der Waals surface area contributed by atoms with E-state index in [1.807, 2.05) is 24.3 Å². The molecule has 0 atom stereocenters. The van der Waals surface area contributed by atoms with Crippen molar-refractivity contribution in [2.75, 3.05) is 7.11 Å². The number of amides is 1. The summed E-state index contributed by atoms with van der Waals surface area (Å²) in [5, 5.41) is 8.75. The van der Waals surface area contributed by atoms with E-state index in [2.05, 4.69) is 10.2 Å². The molecule has 1 aliphatic rings. The molecular weight excluding hydrogens is 417 g/mol. The van der Waals surface area contributed by atoms with Gasteiger partial charge in [0.1, 0.15) is 17.3 Å². The Bertz CT molecular complexity index is 1160. The third kappa shape index (κ3) is 4.92. The zero-order chi connectivity index (χ0) is 21.6. The number of rotatable bonds is 6. The van der Waals surface area contributed by atoms with Gasteiger partial charge in [0.25, 0.3) is 5.91 Å². The first kappa shape index (κ1) is 20.6. The second-order valence-electron chi connectivity index (χ2n) is 6.50. The number of furan rings is 1. The Morgan fingerprint density at radius 1 is 1.13 bits per heavy atom. The van der Waals surface area contributed by atoms with Gasteiger partial charge in [-0.05, 0) is 65.9 Å². The quantitative estimate of drug-likeness (QED) is 0.313. The van der Waals surface area contributed by atoms with Gasteiger partial charge in [0.2, 0.25) is 0 Å². The van der Waals surface area contributed by atoms with Crippen LogP contribution >= 0.6 is 11.8 Å². The van der Waals surface area contributed by atoms with Gasteiger partial charge >= 0.3 is 0 Å². The normalized spacial score (nSPS) is 16.7. The summed E-state index contributed by atoms with van der Waals surface area (Å²) in [6.07, 6.45) is 4.64. The predicted octanol–water partition coefficient (Wildman–Crippen LogP) is 4.93. The van der Waals surface area contributed by atoms with E-state index in [0.717, 1.165) is 23.1 Å². The predicted molar refractivity (Wildman–Crippen MR) is 119 cm³/mol. The van der Waals surface area contributed by atoms with Crippen molar-refractivity contribution in [1.29, 1.82) is 0 Å². The number of hydrogen-bond acceptors (Lipinski definition) is 6. The Morgan fingerprint density at radius 2 is 1.94 bits per heavy atom. The molecule has 2 aromatic carbocycles. The van der Waals surface area contributed by atoms with Crippen molar-refractivity contribution in [2.45, 2.75) is 6.54 Å². The highest BCUT2D eigenvalue weighted by Gasteiger charge is 2.34. The van der Waals surface area contributed by atoms with Crippen molar-refractivity contribution in [1.82, 2.24) is 4.90 Å². The minimum atomic E-state index is -0.399. The zero-order valence-corrected chi connectivity index (χ0v) is 17.4. The van der Waals surface area contributed by atoms with Crippen molar-refractivity contribution < 1.29 is 18.3 Å². The van der Waals surface area contributed by atoms with Crippen molar-refractivity contribution in [3.05, 3.63) is 94.5 Å². The number of carbonyl (C=O) groups excluding carboxylic acids is 1. The average Bonchev–Trinajstić information content (AvgIpc) is 3.40. The molecule has 0 saturated carbocycles. The summed E-state index contributed by atoms with van der Waals surface area (Å²) in [5.41, 5.74) is 1.17. The molecule has 0 aliphatic carbocycles. The van der Waals surface area contributed by atoms with Crippen LogP contribution in [0.1, 0.15) is 16.9 Å².